The van der Waals surface area contributed by atoms with Gasteiger partial charge in [0.25, 0.3) is 11.8 Å². The molecular weight excluding hydrogens is 435 g/mol. The highest BCUT2D eigenvalue weighted by atomic mass is 19.1. The van der Waals surface area contributed by atoms with E-state index in [-0.39, 0.29) is 17.7 Å². The number of carbonyl (C=O) groups is 3. The molecule has 2 aliphatic rings. The summed E-state index contributed by atoms with van der Waals surface area (Å²) in [4.78, 5) is 43.7. The van der Waals surface area contributed by atoms with E-state index in [1.54, 1.807) is 23.1 Å². The minimum atomic E-state index is -0.428. The molecule has 1 N–H and O–H groups in total. The average Bonchev–Trinajstić information content (AvgIpc) is 3.09. The summed E-state index contributed by atoms with van der Waals surface area (Å²) in [7, 11) is 0. The van der Waals surface area contributed by atoms with Gasteiger partial charge in [-0.1, -0.05) is 6.07 Å². The fourth-order valence-corrected chi connectivity index (χ4v) is 4.70. The molecule has 2 aliphatic heterocycles. The first-order valence-electron chi connectivity index (χ1n) is 11.9. The highest BCUT2D eigenvalue weighted by molar-refractivity contribution is 6.02. The molecule has 2 aromatic rings. The molecule has 0 bridgehead atoms. The number of halogens is 1. The highest BCUT2D eigenvalue weighted by Crippen LogP contribution is 2.28. The van der Waals surface area contributed by atoms with E-state index in [4.69, 9.17) is 0 Å². The number of benzene rings is 2. The van der Waals surface area contributed by atoms with Crippen molar-refractivity contribution >= 4 is 29.1 Å². The number of likely N-dealkylation sites (tertiary alicyclic amines) is 1. The van der Waals surface area contributed by atoms with Crippen LogP contribution in [0.1, 0.15) is 53.3 Å². The summed E-state index contributed by atoms with van der Waals surface area (Å²) in [5.74, 6) is -0.835. The van der Waals surface area contributed by atoms with Crippen LogP contribution in [0, 0.1) is 5.82 Å². The molecule has 0 saturated carbocycles. The first kappa shape index (κ1) is 23.7. The van der Waals surface area contributed by atoms with Crippen molar-refractivity contribution in [1.82, 2.24) is 9.80 Å². The van der Waals surface area contributed by atoms with Gasteiger partial charge in [-0.3, -0.25) is 14.4 Å². The third-order valence-corrected chi connectivity index (χ3v) is 6.39. The van der Waals surface area contributed by atoms with Crippen molar-refractivity contribution in [3.63, 3.8) is 0 Å². The third-order valence-electron chi connectivity index (χ3n) is 6.39. The predicted molar refractivity (Wildman–Crippen MR) is 130 cm³/mol. The number of nitrogens with one attached hydrogen (secondary N) is 1. The van der Waals surface area contributed by atoms with Crippen molar-refractivity contribution in [3.8, 4) is 0 Å². The van der Waals surface area contributed by atoms with Crippen molar-refractivity contribution < 1.29 is 18.8 Å². The molecule has 8 heteroatoms. The van der Waals surface area contributed by atoms with Gasteiger partial charge in [0, 0.05) is 63.1 Å². The molecule has 7 nitrogen and oxygen atoms in total. The van der Waals surface area contributed by atoms with E-state index < -0.39 is 5.82 Å². The molecule has 0 atom stereocenters. The Morgan fingerprint density at radius 2 is 1.53 bits per heavy atom. The van der Waals surface area contributed by atoms with Gasteiger partial charge >= 0.3 is 0 Å². The van der Waals surface area contributed by atoms with Gasteiger partial charge < -0.3 is 20.0 Å². The summed E-state index contributed by atoms with van der Waals surface area (Å²) < 4.78 is 13.6. The second-order valence-electron chi connectivity index (χ2n) is 8.91. The van der Waals surface area contributed by atoms with Crippen LogP contribution in [0.3, 0.4) is 0 Å². The molecule has 2 saturated heterocycles. The predicted octanol–water partition coefficient (Wildman–Crippen LogP) is 3.76. The second-order valence-corrected chi connectivity index (χ2v) is 8.91. The number of hydrogen-bond acceptors (Lipinski definition) is 4. The molecule has 3 amide bonds. The number of anilines is 2. The van der Waals surface area contributed by atoms with Crippen LogP contribution < -0.4 is 10.2 Å². The van der Waals surface area contributed by atoms with Crippen molar-refractivity contribution in [1.29, 1.82) is 0 Å². The topological polar surface area (TPSA) is 73.0 Å². The fourth-order valence-electron chi connectivity index (χ4n) is 4.70. The fraction of sp³-hybridized carbons (Fsp3) is 0.423. The zero-order valence-electron chi connectivity index (χ0n) is 19.6. The van der Waals surface area contributed by atoms with Crippen LogP contribution in [-0.2, 0) is 4.79 Å². The lowest BCUT2D eigenvalue weighted by atomic mass is 10.1. The molecule has 0 spiro atoms. The smallest absolute Gasteiger partial charge is 0.256 e. The Balaban J connectivity index is 1.56. The van der Waals surface area contributed by atoms with Gasteiger partial charge in [0.2, 0.25) is 5.91 Å². The number of rotatable bonds is 4. The maximum absolute atomic E-state index is 13.6. The molecular formula is C26H31FN4O3. The lowest BCUT2D eigenvalue weighted by molar-refractivity contribution is -0.114. The molecule has 180 valence electrons. The van der Waals surface area contributed by atoms with E-state index in [0.29, 0.717) is 43.0 Å². The summed E-state index contributed by atoms with van der Waals surface area (Å²) in [5.41, 5.74) is 2.31. The van der Waals surface area contributed by atoms with Crippen molar-refractivity contribution in [2.45, 2.75) is 32.6 Å². The third kappa shape index (κ3) is 5.55. The van der Waals surface area contributed by atoms with E-state index >= 15 is 0 Å². The number of amides is 3. The van der Waals surface area contributed by atoms with E-state index in [9.17, 15) is 18.8 Å². The first-order chi connectivity index (χ1) is 16.4. The first-order valence-corrected chi connectivity index (χ1v) is 11.9. The Kier molecular flexibility index (Phi) is 7.45. The van der Waals surface area contributed by atoms with Crippen molar-refractivity contribution in [3.05, 3.63) is 59.4 Å². The van der Waals surface area contributed by atoms with E-state index in [1.165, 1.54) is 19.1 Å². The quantitative estimate of drug-likeness (QED) is 0.745. The molecule has 0 aliphatic carbocycles. The molecule has 0 radical (unpaired) electrons. The van der Waals surface area contributed by atoms with Crippen LogP contribution in [0.5, 0.6) is 0 Å². The normalized spacial score (nSPS) is 16.7. The Hall–Kier alpha value is -3.42. The summed E-state index contributed by atoms with van der Waals surface area (Å²) in [5, 5.41) is 2.78. The SMILES string of the molecule is CC(=O)Nc1ccc(N2CCCN(C(=O)c3cccc(F)c3)CC2)c(C(=O)N2CCCCC2)c1. The van der Waals surface area contributed by atoms with Gasteiger partial charge in [-0.15, -0.1) is 0 Å². The molecule has 2 fully saturated rings. The van der Waals surface area contributed by atoms with Crippen molar-refractivity contribution in [2.75, 3.05) is 49.5 Å². The Bertz CT molecular complexity index is 1070. The lowest BCUT2D eigenvalue weighted by Gasteiger charge is -2.30. The summed E-state index contributed by atoms with van der Waals surface area (Å²) in [6, 6.07) is 11.2. The zero-order valence-corrected chi connectivity index (χ0v) is 19.6. The summed E-state index contributed by atoms with van der Waals surface area (Å²) >= 11 is 0. The van der Waals surface area contributed by atoms with Crippen LogP contribution in [0.2, 0.25) is 0 Å². The Morgan fingerprint density at radius 3 is 2.26 bits per heavy atom. The molecule has 34 heavy (non-hydrogen) atoms. The molecule has 2 aromatic carbocycles. The van der Waals surface area contributed by atoms with Gasteiger partial charge in [-0.25, -0.2) is 4.39 Å². The number of hydrogen-bond donors (Lipinski definition) is 1. The van der Waals surface area contributed by atoms with Gasteiger partial charge in [-0.05, 0) is 62.1 Å². The van der Waals surface area contributed by atoms with E-state index in [0.717, 1.165) is 44.5 Å². The molecule has 2 heterocycles. The van der Waals surface area contributed by atoms with Crippen LogP contribution in [0.25, 0.3) is 0 Å². The molecule has 0 unspecified atom stereocenters. The monoisotopic (exact) mass is 466 g/mol. The standard InChI is InChI=1S/C26H31FN4O3/c1-19(32)28-22-9-10-24(23(18-22)26(34)30-11-3-2-4-12-30)29-13-6-14-31(16-15-29)25(33)20-7-5-8-21(27)17-20/h5,7-10,17-18H,2-4,6,11-16H2,1H3,(H,28,32). The van der Waals surface area contributed by atoms with Crippen LogP contribution >= 0.6 is 0 Å². The summed E-state index contributed by atoms with van der Waals surface area (Å²) in [6.07, 6.45) is 3.84. The largest absolute Gasteiger partial charge is 0.369 e. The molecule has 4 rings (SSSR count). The van der Waals surface area contributed by atoms with Crippen LogP contribution in [0.15, 0.2) is 42.5 Å². The van der Waals surface area contributed by atoms with Crippen molar-refractivity contribution in [2.24, 2.45) is 0 Å². The maximum atomic E-state index is 13.6. The maximum Gasteiger partial charge on any atom is 0.256 e. The number of nitrogens with zero attached hydrogens (tertiary/aromatic N) is 3. The lowest BCUT2D eigenvalue weighted by Crippen LogP contribution is -2.38. The molecule has 0 aromatic heterocycles. The Morgan fingerprint density at radius 1 is 0.794 bits per heavy atom. The number of piperidine rings is 1. The van der Waals surface area contributed by atoms with Gasteiger partial charge in [0.15, 0.2) is 0 Å². The minimum absolute atomic E-state index is 0.0288. The number of carbonyl (C=O) groups excluding carboxylic acids is 3. The average molecular weight is 467 g/mol. The van der Waals surface area contributed by atoms with Crippen LogP contribution in [-0.4, -0.2) is 66.8 Å². The van der Waals surface area contributed by atoms with Gasteiger partial charge in [0.05, 0.1) is 5.56 Å². The van der Waals surface area contributed by atoms with Gasteiger partial charge in [-0.2, -0.15) is 0 Å². The Labute approximate surface area is 199 Å². The zero-order chi connectivity index (χ0) is 24.1. The van der Waals surface area contributed by atoms with E-state index in [1.807, 2.05) is 17.0 Å². The van der Waals surface area contributed by atoms with E-state index in [2.05, 4.69) is 10.2 Å². The highest BCUT2D eigenvalue weighted by Gasteiger charge is 2.26. The summed E-state index contributed by atoms with van der Waals surface area (Å²) in [6.45, 7) is 5.19. The van der Waals surface area contributed by atoms with Gasteiger partial charge in [0.1, 0.15) is 5.82 Å². The van der Waals surface area contributed by atoms with Crippen LogP contribution in [0.4, 0.5) is 15.8 Å². The minimum Gasteiger partial charge on any atom is -0.369 e. The second kappa shape index (κ2) is 10.7.